The predicted molar refractivity (Wildman–Crippen MR) is 132 cm³/mol. The van der Waals surface area contributed by atoms with Gasteiger partial charge >= 0.3 is 0 Å². The van der Waals surface area contributed by atoms with Gasteiger partial charge in [0, 0.05) is 37.3 Å². The Bertz CT molecular complexity index is 1440. The number of aryl methyl sites for hydroxylation is 2. The van der Waals surface area contributed by atoms with Gasteiger partial charge in [-0.2, -0.15) is 0 Å². The molecule has 2 aromatic heterocycles. The highest BCUT2D eigenvalue weighted by Gasteiger charge is 2.32. The first-order valence-corrected chi connectivity index (χ1v) is 12.7. The number of anilines is 2. The second kappa shape index (κ2) is 10.2. The molecule has 1 N–H and O–H groups in total. The molecule has 0 aliphatic carbocycles. The third kappa shape index (κ3) is 5.61. The van der Waals surface area contributed by atoms with Crippen molar-refractivity contribution in [2.24, 2.45) is 0 Å². The van der Waals surface area contributed by atoms with Gasteiger partial charge < -0.3 is 9.64 Å². The molecule has 11 heteroatoms. The van der Waals surface area contributed by atoms with Crippen molar-refractivity contribution in [1.82, 2.24) is 15.0 Å². The maximum Gasteiger partial charge on any atom is 0.271 e. The van der Waals surface area contributed by atoms with Gasteiger partial charge in [-0.3, -0.25) is 9.71 Å². The zero-order chi connectivity index (χ0) is 25.9. The van der Waals surface area contributed by atoms with Crippen molar-refractivity contribution in [3.8, 4) is 11.8 Å². The van der Waals surface area contributed by atoms with Crippen LogP contribution in [0.2, 0.25) is 0 Å². The Hall–Kier alpha value is -3.62. The van der Waals surface area contributed by atoms with E-state index in [4.69, 9.17) is 4.74 Å². The van der Waals surface area contributed by atoms with Gasteiger partial charge in [0.15, 0.2) is 0 Å². The Morgan fingerprint density at radius 3 is 2.50 bits per heavy atom. The number of morpholine rings is 1. The summed E-state index contributed by atoms with van der Waals surface area (Å²) in [6.07, 6.45) is 3.01. The summed E-state index contributed by atoms with van der Waals surface area (Å²) in [5.41, 5.74) is 1.72. The van der Waals surface area contributed by atoms with Crippen LogP contribution in [-0.2, 0) is 20.7 Å². The highest BCUT2D eigenvalue weighted by molar-refractivity contribution is 7.92. The second-order valence-electron chi connectivity index (χ2n) is 8.35. The van der Waals surface area contributed by atoms with Crippen LogP contribution in [-0.4, -0.2) is 49.7 Å². The van der Waals surface area contributed by atoms with Crippen molar-refractivity contribution < 1.29 is 21.9 Å². The largest absolute Gasteiger partial charge is 0.378 e. The van der Waals surface area contributed by atoms with Crippen LogP contribution in [0.3, 0.4) is 0 Å². The minimum atomic E-state index is -4.32. The lowest BCUT2D eigenvalue weighted by atomic mass is 10.1. The van der Waals surface area contributed by atoms with Crippen molar-refractivity contribution in [2.45, 2.75) is 31.6 Å². The van der Waals surface area contributed by atoms with Crippen molar-refractivity contribution in [1.29, 1.82) is 0 Å². The highest BCUT2D eigenvalue weighted by Crippen LogP contribution is 2.33. The molecule has 3 aromatic rings. The summed E-state index contributed by atoms with van der Waals surface area (Å²) >= 11 is 0. The number of halogens is 2. The molecular weight excluding hydrogens is 488 g/mol. The number of alkyl halides is 2. The van der Waals surface area contributed by atoms with Crippen LogP contribution >= 0.6 is 0 Å². The van der Waals surface area contributed by atoms with E-state index >= 15 is 0 Å². The number of benzene rings is 1. The number of ether oxygens (including phenoxy) is 1. The summed E-state index contributed by atoms with van der Waals surface area (Å²) in [5, 5.41) is 0. The number of hydrogen-bond donors (Lipinski definition) is 1. The molecule has 0 atom stereocenters. The number of sulfonamides is 1. The number of hydrogen-bond acceptors (Lipinski definition) is 7. The second-order valence-corrected chi connectivity index (χ2v) is 10.0. The number of pyridine rings is 1. The molecule has 1 aromatic carbocycles. The van der Waals surface area contributed by atoms with E-state index in [-0.39, 0.29) is 5.69 Å². The van der Waals surface area contributed by atoms with Crippen LogP contribution in [0.1, 0.15) is 35.0 Å². The molecule has 1 aliphatic rings. The quantitative estimate of drug-likeness (QED) is 0.521. The molecule has 0 radical (unpaired) electrons. The first kappa shape index (κ1) is 25.5. The van der Waals surface area contributed by atoms with Gasteiger partial charge in [-0.15, -0.1) is 0 Å². The lowest BCUT2D eigenvalue weighted by Gasteiger charge is -2.28. The normalized spacial score (nSPS) is 14.2. The van der Waals surface area contributed by atoms with Gasteiger partial charge in [-0.25, -0.2) is 27.2 Å². The van der Waals surface area contributed by atoms with Crippen LogP contribution in [0.4, 0.5) is 20.3 Å². The van der Waals surface area contributed by atoms with Crippen molar-refractivity contribution in [2.75, 3.05) is 35.9 Å². The number of rotatable bonds is 5. The Labute approximate surface area is 208 Å². The molecule has 0 unspecified atom stereocenters. The molecule has 36 heavy (non-hydrogen) atoms. The van der Waals surface area contributed by atoms with E-state index < -0.39 is 26.4 Å². The Kier molecular flexibility index (Phi) is 7.19. The molecular formula is C25H25F2N5O3S. The van der Waals surface area contributed by atoms with Crippen molar-refractivity contribution in [3.05, 3.63) is 70.9 Å². The minimum absolute atomic E-state index is 0.144. The summed E-state index contributed by atoms with van der Waals surface area (Å²) in [4.78, 5) is 14.5. The summed E-state index contributed by atoms with van der Waals surface area (Å²) in [7, 11) is -4.32. The van der Waals surface area contributed by atoms with Crippen LogP contribution < -0.4 is 9.62 Å². The number of nitrogens with one attached hydrogen (secondary N) is 1. The average Bonchev–Trinajstić information content (AvgIpc) is 2.85. The zero-order valence-corrected chi connectivity index (χ0v) is 20.9. The maximum atomic E-state index is 14.0. The Morgan fingerprint density at radius 1 is 1.06 bits per heavy atom. The van der Waals surface area contributed by atoms with Crippen molar-refractivity contribution in [3.63, 3.8) is 0 Å². The smallest absolute Gasteiger partial charge is 0.271 e. The lowest BCUT2D eigenvalue weighted by Crippen LogP contribution is -2.37. The van der Waals surface area contributed by atoms with Crippen LogP contribution in [0.5, 0.6) is 0 Å². The zero-order valence-electron chi connectivity index (χ0n) is 20.0. The average molecular weight is 514 g/mol. The van der Waals surface area contributed by atoms with Gasteiger partial charge in [-0.1, -0.05) is 30.0 Å². The number of nitrogens with zero attached hydrogens (tertiary/aromatic N) is 4. The molecule has 0 bridgehead atoms. The third-order valence-electron chi connectivity index (χ3n) is 5.64. The fraction of sp³-hybridized carbons (Fsp3) is 0.320. The Balaban J connectivity index is 1.67. The molecule has 8 nitrogen and oxygen atoms in total. The van der Waals surface area contributed by atoms with Crippen LogP contribution in [0.25, 0.3) is 0 Å². The molecule has 1 aliphatic heterocycles. The van der Waals surface area contributed by atoms with E-state index in [9.17, 15) is 17.2 Å². The van der Waals surface area contributed by atoms with E-state index in [1.165, 1.54) is 30.7 Å². The summed E-state index contributed by atoms with van der Waals surface area (Å²) in [6, 6.07) is 6.53. The van der Waals surface area contributed by atoms with Gasteiger partial charge in [0.05, 0.1) is 40.7 Å². The molecule has 0 amide bonds. The van der Waals surface area contributed by atoms with Gasteiger partial charge in [0.25, 0.3) is 15.9 Å². The topological polar surface area (TPSA) is 97.3 Å². The molecule has 3 heterocycles. The lowest BCUT2D eigenvalue weighted by molar-refractivity contribution is 0.0144. The summed E-state index contributed by atoms with van der Waals surface area (Å²) in [6.45, 7) is 6.65. The molecule has 4 rings (SSSR count). The van der Waals surface area contributed by atoms with Crippen LogP contribution in [0.15, 0.2) is 47.8 Å². The van der Waals surface area contributed by atoms with Gasteiger partial charge in [0.1, 0.15) is 12.1 Å². The molecule has 0 spiro atoms. The number of aromatic nitrogens is 3. The molecule has 1 saturated heterocycles. The maximum absolute atomic E-state index is 14.0. The molecule has 0 saturated carbocycles. The molecule has 188 valence electrons. The SMILES string of the molecule is Cc1ncc(C#Cc2c(C)ncnc2N2CCOCC2)cc1NS(=O)(=O)c1ccccc1C(C)(F)F. The van der Waals surface area contributed by atoms with Crippen molar-refractivity contribution >= 4 is 21.5 Å². The summed E-state index contributed by atoms with van der Waals surface area (Å²) < 4.78 is 62.0. The van der Waals surface area contributed by atoms with Gasteiger partial charge in [-0.05, 0) is 26.0 Å². The first-order chi connectivity index (χ1) is 17.1. The highest BCUT2D eigenvalue weighted by atomic mass is 32.2. The monoisotopic (exact) mass is 513 g/mol. The van der Waals surface area contributed by atoms with E-state index in [1.807, 2.05) is 6.92 Å². The van der Waals surface area contributed by atoms with E-state index in [1.54, 1.807) is 6.92 Å². The Morgan fingerprint density at radius 2 is 1.78 bits per heavy atom. The van der Waals surface area contributed by atoms with E-state index in [0.29, 0.717) is 61.6 Å². The van der Waals surface area contributed by atoms with E-state index in [2.05, 4.69) is 36.4 Å². The minimum Gasteiger partial charge on any atom is -0.378 e. The van der Waals surface area contributed by atoms with Gasteiger partial charge in [0.2, 0.25) is 0 Å². The van der Waals surface area contributed by atoms with E-state index in [0.717, 1.165) is 12.1 Å². The molecule has 1 fully saturated rings. The first-order valence-electron chi connectivity index (χ1n) is 11.2. The predicted octanol–water partition coefficient (Wildman–Crippen LogP) is 3.64. The standard InChI is InChI=1S/C25H25F2N5O3S/c1-17-20(24(30-16-29-17)32-10-12-35-13-11-32)9-8-19-14-22(18(2)28-15-19)31-36(33,34)23-7-5-4-6-21(23)25(3,26)27/h4-7,14-16,31H,10-13H2,1-3H3. The third-order valence-corrected chi connectivity index (χ3v) is 7.06. The fourth-order valence-electron chi connectivity index (χ4n) is 3.73. The summed E-state index contributed by atoms with van der Waals surface area (Å²) in [5.74, 6) is 3.47. The van der Waals surface area contributed by atoms with Crippen LogP contribution in [0, 0.1) is 25.7 Å². The fourth-order valence-corrected chi connectivity index (χ4v) is 5.13.